The van der Waals surface area contributed by atoms with Crippen LogP contribution >= 0.6 is 12.2 Å². The number of hydrogen-bond acceptors (Lipinski definition) is 6. The second-order valence-corrected chi connectivity index (χ2v) is 7.53. The van der Waals surface area contributed by atoms with Crippen molar-refractivity contribution in [1.82, 2.24) is 24.2 Å². The van der Waals surface area contributed by atoms with E-state index in [1.807, 2.05) is 51.7 Å². The summed E-state index contributed by atoms with van der Waals surface area (Å²) in [6.07, 6.45) is 5.22. The van der Waals surface area contributed by atoms with Crippen molar-refractivity contribution >= 4 is 12.2 Å². The van der Waals surface area contributed by atoms with E-state index >= 15 is 0 Å². The maximum absolute atomic E-state index is 5.89. The highest BCUT2D eigenvalue weighted by Crippen LogP contribution is 2.24. The van der Waals surface area contributed by atoms with Crippen LogP contribution in [0.5, 0.6) is 5.75 Å². The van der Waals surface area contributed by atoms with Gasteiger partial charge >= 0.3 is 0 Å². The van der Waals surface area contributed by atoms with Gasteiger partial charge in [0.15, 0.2) is 10.6 Å². The number of aromatic nitrogens is 4. The number of ether oxygens (including phenoxy) is 1. The lowest BCUT2D eigenvalue weighted by atomic mass is 10.2. The van der Waals surface area contributed by atoms with Crippen molar-refractivity contribution < 1.29 is 9.15 Å². The molecule has 0 saturated heterocycles. The third-order valence-corrected chi connectivity index (χ3v) is 5.53. The molecule has 0 spiro atoms. The van der Waals surface area contributed by atoms with E-state index in [1.54, 1.807) is 18.7 Å². The molecule has 0 bridgehead atoms. The van der Waals surface area contributed by atoms with Gasteiger partial charge in [0.2, 0.25) is 0 Å². The Morgan fingerprint density at radius 3 is 2.83 bits per heavy atom. The summed E-state index contributed by atoms with van der Waals surface area (Å²) in [5, 5.41) is 4.85. The molecule has 7 nitrogen and oxygen atoms in total. The van der Waals surface area contributed by atoms with E-state index < -0.39 is 0 Å². The molecule has 1 aromatic carbocycles. The second-order valence-electron chi connectivity index (χ2n) is 7.16. The summed E-state index contributed by atoms with van der Waals surface area (Å²) >= 11 is 5.81. The molecule has 0 radical (unpaired) electrons. The molecule has 0 fully saturated rings. The van der Waals surface area contributed by atoms with Crippen molar-refractivity contribution in [2.75, 3.05) is 13.2 Å². The van der Waals surface area contributed by atoms with Crippen molar-refractivity contribution in [3.8, 4) is 17.1 Å². The monoisotopic (exact) mass is 419 g/mol. The van der Waals surface area contributed by atoms with Gasteiger partial charge in [0.05, 0.1) is 19.5 Å². The average Bonchev–Trinajstić information content (AvgIpc) is 3.33. The molecule has 30 heavy (non-hydrogen) atoms. The van der Waals surface area contributed by atoms with Crippen LogP contribution in [0.1, 0.15) is 11.3 Å². The molecule has 0 aliphatic carbocycles. The standard InChI is InChI=1S/C22H21N5O2S/c30-22-26(15-19-7-4-11-28-19)21(17-6-3-9-23-13-17)24-27(22)16-25-10-12-29-20-8-2-1-5-18(20)14-25/h1-9,11,13H,10,12,14-16H2. The Morgan fingerprint density at radius 2 is 2.00 bits per heavy atom. The highest BCUT2D eigenvalue weighted by Gasteiger charge is 2.19. The van der Waals surface area contributed by atoms with E-state index in [2.05, 4.69) is 16.0 Å². The minimum Gasteiger partial charge on any atom is -0.492 e. The van der Waals surface area contributed by atoms with E-state index in [-0.39, 0.29) is 0 Å². The average molecular weight is 420 g/mol. The highest BCUT2D eigenvalue weighted by atomic mass is 32.1. The van der Waals surface area contributed by atoms with Crippen molar-refractivity contribution in [2.24, 2.45) is 0 Å². The van der Waals surface area contributed by atoms with Gasteiger partial charge in [0.1, 0.15) is 18.1 Å². The summed E-state index contributed by atoms with van der Waals surface area (Å²) in [5.74, 6) is 2.55. The minimum absolute atomic E-state index is 0.516. The van der Waals surface area contributed by atoms with Gasteiger partial charge in [-0.25, -0.2) is 4.68 Å². The molecule has 4 aromatic rings. The lowest BCUT2D eigenvalue weighted by molar-refractivity contribution is 0.177. The number of fused-ring (bicyclic) bond motifs is 1. The van der Waals surface area contributed by atoms with Gasteiger partial charge in [-0.05, 0) is 42.5 Å². The summed E-state index contributed by atoms with van der Waals surface area (Å²) in [7, 11) is 0. The van der Waals surface area contributed by atoms with Crippen molar-refractivity contribution in [1.29, 1.82) is 0 Å². The predicted octanol–water partition coefficient (Wildman–Crippen LogP) is 3.97. The van der Waals surface area contributed by atoms with Crippen LogP contribution in [0.2, 0.25) is 0 Å². The van der Waals surface area contributed by atoms with E-state index in [1.165, 1.54) is 5.56 Å². The van der Waals surface area contributed by atoms with Crippen molar-refractivity contribution in [3.05, 3.63) is 83.3 Å². The first-order valence-electron chi connectivity index (χ1n) is 9.81. The molecule has 1 aliphatic rings. The maximum atomic E-state index is 5.89. The van der Waals surface area contributed by atoms with E-state index in [0.717, 1.165) is 36.0 Å². The van der Waals surface area contributed by atoms with Gasteiger partial charge < -0.3 is 9.15 Å². The van der Waals surface area contributed by atoms with E-state index in [9.17, 15) is 0 Å². The molecule has 8 heteroatoms. The molecule has 0 atom stereocenters. The number of benzene rings is 1. The number of nitrogens with zero attached hydrogens (tertiary/aromatic N) is 5. The normalized spacial score (nSPS) is 14.1. The smallest absolute Gasteiger partial charge is 0.199 e. The van der Waals surface area contributed by atoms with Crippen LogP contribution in [0.4, 0.5) is 0 Å². The van der Waals surface area contributed by atoms with Crippen LogP contribution in [0.25, 0.3) is 11.4 Å². The molecule has 0 unspecified atom stereocenters. The Hall–Kier alpha value is -3.23. The third kappa shape index (κ3) is 3.79. The molecule has 152 valence electrons. The van der Waals surface area contributed by atoms with Gasteiger partial charge in [-0.1, -0.05) is 18.2 Å². The number of rotatable bonds is 5. The fourth-order valence-corrected chi connectivity index (χ4v) is 3.88. The number of para-hydroxylation sites is 1. The highest BCUT2D eigenvalue weighted by molar-refractivity contribution is 7.71. The third-order valence-electron chi connectivity index (χ3n) is 5.10. The maximum Gasteiger partial charge on any atom is 0.199 e. The molecule has 5 rings (SSSR count). The molecule has 0 amide bonds. The topological polar surface area (TPSA) is 61.2 Å². The van der Waals surface area contributed by atoms with Gasteiger partial charge in [0.25, 0.3) is 0 Å². The first kappa shape index (κ1) is 18.8. The molecular formula is C22H21N5O2S. The Bertz CT molecular complexity index is 1180. The van der Waals surface area contributed by atoms with Crippen molar-refractivity contribution in [3.63, 3.8) is 0 Å². The number of furan rings is 1. The first-order chi connectivity index (χ1) is 14.8. The van der Waals surface area contributed by atoms with Crippen LogP contribution in [0.15, 0.2) is 71.6 Å². The quantitative estimate of drug-likeness (QED) is 0.456. The summed E-state index contributed by atoms with van der Waals surface area (Å²) in [5.41, 5.74) is 2.09. The fraction of sp³-hybridized carbons (Fsp3) is 0.227. The molecule has 0 N–H and O–H groups in total. The second kappa shape index (κ2) is 8.25. The zero-order valence-corrected chi connectivity index (χ0v) is 17.2. The van der Waals surface area contributed by atoms with E-state index in [4.69, 9.17) is 26.5 Å². The van der Waals surface area contributed by atoms with Crippen LogP contribution in [0.3, 0.4) is 0 Å². The zero-order chi connectivity index (χ0) is 20.3. The number of pyridine rings is 1. The largest absolute Gasteiger partial charge is 0.492 e. The molecule has 0 saturated carbocycles. The summed E-state index contributed by atoms with van der Waals surface area (Å²) < 4.78 is 15.9. The van der Waals surface area contributed by atoms with Crippen LogP contribution in [-0.2, 0) is 19.8 Å². The van der Waals surface area contributed by atoms with Gasteiger partial charge in [-0.15, -0.1) is 0 Å². The molecular weight excluding hydrogens is 398 g/mol. The van der Waals surface area contributed by atoms with Gasteiger partial charge in [-0.2, -0.15) is 5.10 Å². The van der Waals surface area contributed by atoms with Gasteiger partial charge in [-0.3, -0.25) is 14.5 Å². The molecule has 4 heterocycles. The first-order valence-corrected chi connectivity index (χ1v) is 10.2. The molecule has 1 aliphatic heterocycles. The van der Waals surface area contributed by atoms with Gasteiger partial charge in [0, 0.05) is 36.6 Å². The Morgan fingerprint density at radius 1 is 1.07 bits per heavy atom. The summed E-state index contributed by atoms with van der Waals surface area (Å²) in [6.45, 7) is 3.30. The van der Waals surface area contributed by atoms with E-state index in [0.29, 0.717) is 24.6 Å². The Balaban J connectivity index is 1.48. The SMILES string of the molecule is S=c1n(CN2CCOc3ccccc3C2)nc(-c2cccnc2)n1Cc1ccco1. The lowest BCUT2D eigenvalue weighted by Gasteiger charge is -2.18. The minimum atomic E-state index is 0.516. The Kier molecular flexibility index (Phi) is 5.17. The van der Waals surface area contributed by atoms with Crippen molar-refractivity contribution in [2.45, 2.75) is 19.8 Å². The Labute approximate surface area is 179 Å². The van der Waals surface area contributed by atoms with Crippen LogP contribution in [-0.4, -0.2) is 37.4 Å². The predicted molar refractivity (Wildman–Crippen MR) is 114 cm³/mol. The van der Waals surface area contributed by atoms with Crippen LogP contribution in [0, 0.1) is 4.77 Å². The van der Waals surface area contributed by atoms with Crippen LogP contribution < -0.4 is 4.74 Å². The lowest BCUT2D eigenvalue weighted by Crippen LogP contribution is -2.29. The fourth-order valence-electron chi connectivity index (χ4n) is 3.63. The number of hydrogen-bond donors (Lipinski definition) is 0. The summed E-state index contributed by atoms with van der Waals surface area (Å²) in [6, 6.07) is 15.9. The summed E-state index contributed by atoms with van der Waals surface area (Å²) in [4.78, 5) is 6.53. The molecule has 3 aromatic heterocycles. The zero-order valence-electron chi connectivity index (χ0n) is 16.3.